The number of rotatable bonds is 7. The Morgan fingerprint density at radius 3 is 2.46 bits per heavy atom. The van der Waals surface area contributed by atoms with Crippen molar-refractivity contribution >= 4 is 29.1 Å². The van der Waals surface area contributed by atoms with Gasteiger partial charge in [0.05, 0.1) is 6.61 Å². The highest BCUT2D eigenvalue weighted by atomic mass is 35.5. The monoisotopic (exact) mass is 374 g/mol. The topological polar surface area (TPSA) is 78.4 Å². The molecule has 0 bridgehead atoms. The molecule has 0 heterocycles. The smallest absolute Gasteiger partial charge is 0.251 e. The number of amides is 2. The first-order chi connectivity index (χ1) is 12.4. The number of hydrogen-bond acceptors (Lipinski definition) is 3. The molecule has 0 fully saturated rings. The second-order valence-corrected chi connectivity index (χ2v) is 6.63. The minimum absolute atomic E-state index is 0.0488. The maximum atomic E-state index is 12.7. The summed E-state index contributed by atoms with van der Waals surface area (Å²) in [5.41, 5.74) is 1.72. The number of hydrogen-bond donors (Lipinski definition) is 3. The molecule has 0 aliphatic heterocycles. The lowest BCUT2D eigenvalue weighted by atomic mass is 9.97. The van der Waals surface area contributed by atoms with Gasteiger partial charge in [0.1, 0.15) is 6.04 Å². The molecule has 0 aliphatic carbocycles. The molecular weight excluding hydrogens is 352 g/mol. The summed E-state index contributed by atoms with van der Waals surface area (Å²) in [4.78, 5) is 25.2. The van der Waals surface area contributed by atoms with Gasteiger partial charge in [0.2, 0.25) is 5.91 Å². The molecule has 0 saturated heterocycles. The lowest BCUT2D eigenvalue weighted by molar-refractivity contribution is -0.119. The summed E-state index contributed by atoms with van der Waals surface area (Å²) in [5, 5.41) is 15.4. The molecule has 3 N–H and O–H groups in total. The summed E-state index contributed by atoms with van der Waals surface area (Å²) < 4.78 is 0. The number of carbonyl (C=O) groups excluding carboxylic acids is 2. The second-order valence-electron chi connectivity index (χ2n) is 6.19. The predicted octanol–water partition coefficient (Wildman–Crippen LogP) is 3.62. The number of benzene rings is 2. The third-order valence-electron chi connectivity index (χ3n) is 4.27. The number of aliphatic hydroxyl groups excluding tert-OH is 1. The molecule has 0 radical (unpaired) electrons. The van der Waals surface area contributed by atoms with Crippen LogP contribution in [0.5, 0.6) is 0 Å². The van der Waals surface area contributed by atoms with Crippen molar-refractivity contribution in [3.8, 4) is 0 Å². The first kappa shape index (κ1) is 19.9. The number of aliphatic hydroxyl groups is 1. The number of carbonyl (C=O) groups is 2. The van der Waals surface area contributed by atoms with E-state index in [9.17, 15) is 14.7 Å². The Balaban J connectivity index is 2.13. The van der Waals surface area contributed by atoms with Gasteiger partial charge in [-0.2, -0.15) is 0 Å². The van der Waals surface area contributed by atoms with E-state index >= 15 is 0 Å². The van der Waals surface area contributed by atoms with Crippen molar-refractivity contribution in [2.75, 3.05) is 5.32 Å². The first-order valence-electron chi connectivity index (χ1n) is 8.51. The molecule has 2 aromatic rings. The van der Waals surface area contributed by atoms with Gasteiger partial charge in [0, 0.05) is 16.3 Å². The molecule has 5 nitrogen and oxygen atoms in total. The predicted molar refractivity (Wildman–Crippen MR) is 103 cm³/mol. The van der Waals surface area contributed by atoms with Gasteiger partial charge in [-0.1, -0.05) is 44.0 Å². The largest absolute Gasteiger partial charge is 0.392 e. The van der Waals surface area contributed by atoms with Crippen LogP contribution < -0.4 is 10.6 Å². The summed E-state index contributed by atoms with van der Waals surface area (Å²) >= 11 is 5.85. The fourth-order valence-corrected chi connectivity index (χ4v) is 2.62. The van der Waals surface area contributed by atoms with Crippen LogP contribution in [0.1, 0.15) is 36.2 Å². The van der Waals surface area contributed by atoms with E-state index in [4.69, 9.17) is 11.6 Å². The summed E-state index contributed by atoms with van der Waals surface area (Å²) in [6.45, 7) is 3.77. The average molecular weight is 375 g/mol. The van der Waals surface area contributed by atoms with Crippen LogP contribution in [0.4, 0.5) is 5.69 Å². The zero-order valence-corrected chi connectivity index (χ0v) is 15.6. The quantitative estimate of drug-likeness (QED) is 0.692. The second kappa shape index (κ2) is 9.36. The SMILES string of the molecule is CCC(C)C(NC(=O)c1ccc(Cl)cc1)C(=O)Nc1cccc(CO)c1. The van der Waals surface area contributed by atoms with Gasteiger partial charge in [-0.3, -0.25) is 9.59 Å². The molecule has 2 atom stereocenters. The zero-order chi connectivity index (χ0) is 19.1. The van der Waals surface area contributed by atoms with Crippen LogP contribution in [0.25, 0.3) is 0 Å². The van der Waals surface area contributed by atoms with E-state index in [0.29, 0.717) is 21.8 Å². The summed E-state index contributed by atoms with van der Waals surface area (Å²) in [6, 6.07) is 12.8. The van der Waals surface area contributed by atoms with Crippen LogP contribution in [-0.2, 0) is 11.4 Å². The van der Waals surface area contributed by atoms with Crippen LogP contribution in [0, 0.1) is 5.92 Å². The highest BCUT2D eigenvalue weighted by Crippen LogP contribution is 2.15. The Morgan fingerprint density at radius 1 is 1.15 bits per heavy atom. The van der Waals surface area contributed by atoms with Crippen LogP contribution in [0.15, 0.2) is 48.5 Å². The molecule has 2 aromatic carbocycles. The Labute approximate surface area is 158 Å². The lowest BCUT2D eigenvalue weighted by Gasteiger charge is -2.23. The van der Waals surface area contributed by atoms with Crippen LogP contribution in [0.3, 0.4) is 0 Å². The van der Waals surface area contributed by atoms with E-state index < -0.39 is 6.04 Å². The van der Waals surface area contributed by atoms with Gasteiger partial charge >= 0.3 is 0 Å². The highest BCUT2D eigenvalue weighted by molar-refractivity contribution is 6.30. The van der Waals surface area contributed by atoms with Crippen molar-refractivity contribution in [2.45, 2.75) is 32.9 Å². The van der Waals surface area contributed by atoms with Crippen molar-refractivity contribution in [1.82, 2.24) is 5.32 Å². The molecule has 2 rings (SSSR count). The van der Waals surface area contributed by atoms with Gasteiger partial charge in [0.15, 0.2) is 0 Å². The van der Waals surface area contributed by atoms with Crippen LogP contribution >= 0.6 is 11.6 Å². The highest BCUT2D eigenvalue weighted by Gasteiger charge is 2.26. The zero-order valence-electron chi connectivity index (χ0n) is 14.8. The lowest BCUT2D eigenvalue weighted by Crippen LogP contribution is -2.47. The fourth-order valence-electron chi connectivity index (χ4n) is 2.50. The molecule has 0 aliphatic rings. The van der Waals surface area contributed by atoms with Crippen molar-refractivity contribution in [3.05, 3.63) is 64.7 Å². The third kappa shape index (κ3) is 5.31. The Morgan fingerprint density at radius 2 is 1.85 bits per heavy atom. The molecule has 0 saturated carbocycles. The molecule has 138 valence electrons. The van der Waals surface area contributed by atoms with E-state index in [1.165, 1.54) is 0 Å². The molecule has 2 unspecified atom stereocenters. The van der Waals surface area contributed by atoms with Crippen molar-refractivity contribution in [3.63, 3.8) is 0 Å². The molecular formula is C20H23ClN2O3. The van der Waals surface area contributed by atoms with Gasteiger partial charge in [-0.25, -0.2) is 0 Å². The van der Waals surface area contributed by atoms with Crippen LogP contribution in [0.2, 0.25) is 5.02 Å². The molecule has 0 aromatic heterocycles. The van der Waals surface area contributed by atoms with Crippen molar-refractivity contribution in [1.29, 1.82) is 0 Å². The maximum absolute atomic E-state index is 12.7. The maximum Gasteiger partial charge on any atom is 0.251 e. The summed E-state index contributed by atoms with van der Waals surface area (Å²) in [5.74, 6) is -0.671. The van der Waals surface area contributed by atoms with E-state index in [2.05, 4.69) is 10.6 Å². The number of nitrogens with one attached hydrogen (secondary N) is 2. The number of anilines is 1. The number of halogens is 1. The van der Waals surface area contributed by atoms with Gasteiger partial charge in [0.25, 0.3) is 5.91 Å². The van der Waals surface area contributed by atoms with Gasteiger partial charge in [-0.15, -0.1) is 0 Å². The Bertz CT molecular complexity index is 762. The van der Waals surface area contributed by atoms with Crippen molar-refractivity contribution < 1.29 is 14.7 Å². The van der Waals surface area contributed by atoms with E-state index in [1.807, 2.05) is 13.8 Å². The van der Waals surface area contributed by atoms with Gasteiger partial charge in [-0.05, 0) is 47.9 Å². The molecule has 26 heavy (non-hydrogen) atoms. The molecule has 2 amide bonds. The third-order valence-corrected chi connectivity index (χ3v) is 4.52. The summed E-state index contributed by atoms with van der Waals surface area (Å²) in [7, 11) is 0. The van der Waals surface area contributed by atoms with Crippen LogP contribution in [-0.4, -0.2) is 23.0 Å². The summed E-state index contributed by atoms with van der Waals surface area (Å²) in [6.07, 6.45) is 0.732. The first-order valence-corrected chi connectivity index (χ1v) is 8.89. The van der Waals surface area contributed by atoms with E-state index in [-0.39, 0.29) is 24.3 Å². The molecule has 6 heteroatoms. The van der Waals surface area contributed by atoms with E-state index in [1.54, 1.807) is 48.5 Å². The van der Waals surface area contributed by atoms with Gasteiger partial charge < -0.3 is 15.7 Å². The van der Waals surface area contributed by atoms with E-state index in [0.717, 1.165) is 6.42 Å². The molecule has 0 spiro atoms. The average Bonchev–Trinajstić information content (AvgIpc) is 2.65. The Hall–Kier alpha value is -2.37. The van der Waals surface area contributed by atoms with Crippen molar-refractivity contribution in [2.24, 2.45) is 5.92 Å². The minimum Gasteiger partial charge on any atom is -0.392 e. The standard InChI is InChI=1S/C20H23ClN2O3/c1-3-13(2)18(23-19(25)15-7-9-16(21)10-8-15)20(26)22-17-6-4-5-14(11-17)12-24/h4-11,13,18,24H,3,12H2,1-2H3,(H,22,26)(H,23,25). The Kier molecular flexibility index (Phi) is 7.18. The minimum atomic E-state index is -0.680. The fraction of sp³-hybridized carbons (Fsp3) is 0.300. The normalized spacial score (nSPS) is 12.9.